The van der Waals surface area contributed by atoms with Crippen molar-refractivity contribution in [2.45, 2.75) is 19.0 Å². The quantitative estimate of drug-likeness (QED) is 0.107. The van der Waals surface area contributed by atoms with Crippen LogP contribution in [0.4, 0.5) is 24.5 Å². The molecule has 2 rings (SSSR count). The molecule has 0 aromatic heterocycles. The summed E-state index contributed by atoms with van der Waals surface area (Å²) < 4.78 is 48.8. The van der Waals surface area contributed by atoms with E-state index in [1.807, 2.05) is 0 Å². The number of carbonyl (C=O) groups is 1. The molecule has 0 aliphatic heterocycles. The molecule has 0 saturated carbocycles. The summed E-state index contributed by atoms with van der Waals surface area (Å²) in [5.41, 5.74) is -1.99. The molecule has 0 bridgehead atoms. The number of nitrogens with one attached hydrogen (secondary N) is 1. The number of alkyl halides is 3. The van der Waals surface area contributed by atoms with Crippen molar-refractivity contribution in [1.82, 2.24) is 0 Å². The molecule has 0 amide bonds. The van der Waals surface area contributed by atoms with Crippen LogP contribution in [0, 0.1) is 10.1 Å². The van der Waals surface area contributed by atoms with E-state index in [0.717, 1.165) is 12.1 Å². The minimum atomic E-state index is -4.71. The summed E-state index contributed by atoms with van der Waals surface area (Å²) >= 11 is 23.1. The number of ether oxygens (including phenoxy) is 2. The summed E-state index contributed by atoms with van der Waals surface area (Å²) in [5, 5.41) is 13.8. The monoisotopic (exact) mass is 560 g/mol. The molecule has 0 aliphatic rings. The largest absolute Gasteiger partial charge is 0.489 e. The lowest BCUT2D eigenvalue weighted by atomic mass is 10.1. The molecule has 34 heavy (non-hydrogen) atoms. The summed E-state index contributed by atoms with van der Waals surface area (Å²) in [6.45, 7) is 0.102. The Bertz CT molecular complexity index is 1070. The maximum Gasteiger partial charge on any atom is 0.416 e. The molecule has 0 heterocycles. The van der Waals surface area contributed by atoms with Gasteiger partial charge in [0.1, 0.15) is 22.5 Å². The number of benzene rings is 2. The van der Waals surface area contributed by atoms with Gasteiger partial charge in [-0.05, 0) is 24.6 Å². The Hall–Kier alpha value is -2.40. The van der Waals surface area contributed by atoms with Crippen LogP contribution in [-0.4, -0.2) is 24.0 Å². The first-order valence-corrected chi connectivity index (χ1v) is 10.8. The highest BCUT2D eigenvalue weighted by molar-refractivity contribution is 6.55. The molecule has 14 heteroatoms. The highest BCUT2D eigenvalue weighted by atomic mass is 35.5. The van der Waals surface area contributed by atoms with Crippen LogP contribution in [0.3, 0.4) is 0 Å². The second-order valence-electron chi connectivity index (χ2n) is 6.51. The number of hydrogen-bond donors (Lipinski definition) is 1. The molecule has 0 radical (unpaired) electrons. The lowest BCUT2D eigenvalue weighted by Crippen LogP contribution is -2.12. The fraction of sp³-hybridized carbons (Fsp3) is 0.250. The highest BCUT2D eigenvalue weighted by Gasteiger charge is 2.33. The Morgan fingerprint density at radius 3 is 2.35 bits per heavy atom. The molecule has 7 nitrogen and oxygen atoms in total. The third kappa shape index (κ3) is 8.43. The summed E-state index contributed by atoms with van der Waals surface area (Å²) in [6.07, 6.45) is -3.30. The van der Waals surface area contributed by atoms with Gasteiger partial charge in [0, 0.05) is 31.2 Å². The molecule has 0 spiro atoms. The van der Waals surface area contributed by atoms with Crippen molar-refractivity contribution in [3.8, 4) is 11.5 Å². The van der Waals surface area contributed by atoms with Crippen molar-refractivity contribution in [2.75, 3.05) is 18.5 Å². The van der Waals surface area contributed by atoms with E-state index in [9.17, 15) is 28.1 Å². The second kappa shape index (κ2) is 12.3. The Morgan fingerprint density at radius 2 is 1.79 bits per heavy atom. The molecule has 0 fully saturated rings. The number of nitrogens with zero attached hydrogens (tertiary/aromatic N) is 1. The third-order valence-electron chi connectivity index (χ3n) is 4.07. The number of halogens is 7. The maximum absolute atomic E-state index is 12.8. The van der Waals surface area contributed by atoms with Gasteiger partial charge in [-0.15, -0.1) is 0 Å². The highest BCUT2D eigenvalue weighted by Crippen LogP contribution is 2.37. The van der Waals surface area contributed by atoms with Crippen molar-refractivity contribution >= 4 is 63.7 Å². The number of carbonyl (C=O) groups excluding carboxylic acids is 1. The number of hydrogen-bond acceptors (Lipinski definition) is 6. The average molecular weight is 562 g/mol. The van der Waals surface area contributed by atoms with Crippen LogP contribution in [0.15, 0.2) is 40.9 Å². The van der Waals surface area contributed by atoms with Gasteiger partial charge < -0.3 is 14.8 Å². The van der Waals surface area contributed by atoms with Crippen molar-refractivity contribution in [1.29, 1.82) is 0 Å². The lowest BCUT2D eigenvalue weighted by molar-refractivity contribution is -0.384. The first kappa shape index (κ1) is 27.8. The van der Waals surface area contributed by atoms with Gasteiger partial charge in [0.2, 0.25) is 0 Å². The zero-order chi connectivity index (χ0) is 25.5. The van der Waals surface area contributed by atoms with Crippen molar-refractivity contribution in [3.63, 3.8) is 0 Å². The molecule has 2 aromatic carbocycles. The molecule has 2 aromatic rings. The normalized spacial score (nSPS) is 11.0. The summed E-state index contributed by atoms with van der Waals surface area (Å²) in [7, 11) is 0. The van der Waals surface area contributed by atoms with Crippen molar-refractivity contribution in [3.05, 3.63) is 66.6 Å². The van der Waals surface area contributed by atoms with Crippen LogP contribution < -0.4 is 14.8 Å². The van der Waals surface area contributed by atoms with Gasteiger partial charge in [0.05, 0.1) is 20.5 Å². The van der Waals surface area contributed by atoms with Crippen LogP contribution in [0.2, 0.25) is 10.0 Å². The lowest BCUT2D eigenvalue weighted by Gasteiger charge is -2.12. The van der Waals surface area contributed by atoms with E-state index in [-0.39, 0.29) is 57.7 Å². The smallest absolute Gasteiger partial charge is 0.416 e. The van der Waals surface area contributed by atoms with E-state index in [1.165, 1.54) is 18.2 Å². The SMILES string of the molecule is O=C(CCCNc1ccc(C(F)(F)F)cc1[N+](=O)[O-])Oc1c(Cl)cc(OCC=C(Cl)Cl)cc1Cl. The molecular formula is C20H15Cl4F3N2O5. The minimum Gasteiger partial charge on any atom is -0.489 e. The standard InChI is InChI=1S/C20H15Cl4F3N2O5/c21-13-9-12(33-7-5-17(23)24)10-14(22)19(13)34-18(30)2-1-6-28-15-4-3-11(20(25,26)27)8-16(15)29(31)32/h3-5,8-10,28H,1-2,6-7H2. The zero-order valence-corrected chi connectivity index (χ0v) is 20.0. The summed E-state index contributed by atoms with van der Waals surface area (Å²) in [5.74, 6) is -0.501. The molecule has 0 atom stereocenters. The molecular weight excluding hydrogens is 547 g/mol. The molecule has 0 saturated heterocycles. The van der Waals surface area contributed by atoms with Gasteiger partial charge in [-0.3, -0.25) is 14.9 Å². The van der Waals surface area contributed by atoms with Crippen LogP contribution >= 0.6 is 46.4 Å². The molecule has 0 unspecified atom stereocenters. The van der Waals surface area contributed by atoms with E-state index in [2.05, 4.69) is 5.32 Å². The third-order valence-corrected chi connectivity index (χ3v) is 4.94. The van der Waals surface area contributed by atoms with Gasteiger partial charge in [0.25, 0.3) is 5.69 Å². The number of anilines is 1. The van der Waals surface area contributed by atoms with E-state index < -0.39 is 28.3 Å². The second-order valence-corrected chi connectivity index (χ2v) is 8.33. The van der Waals surface area contributed by atoms with E-state index in [1.54, 1.807) is 0 Å². The minimum absolute atomic E-state index is 0.00954. The summed E-state index contributed by atoms with van der Waals surface area (Å²) in [4.78, 5) is 22.3. The van der Waals surface area contributed by atoms with Gasteiger partial charge in [-0.1, -0.05) is 46.4 Å². The number of esters is 1. The van der Waals surface area contributed by atoms with Crippen LogP contribution in [0.1, 0.15) is 18.4 Å². The topological polar surface area (TPSA) is 90.7 Å². The Balaban J connectivity index is 1.92. The van der Waals surface area contributed by atoms with Crippen LogP contribution in [0.5, 0.6) is 11.5 Å². The van der Waals surface area contributed by atoms with Crippen LogP contribution in [-0.2, 0) is 11.0 Å². The molecule has 1 N–H and O–H groups in total. The fourth-order valence-electron chi connectivity index (χ4n) is 2.55. The van der Waals surface area contributed by atoms with Gasteiger partial charge in [-0.25, -0.2) is 0 Å². The molecule has 184 valence electrons. The van der Waals surface area contributed by atoms with E-state index in [4.69, 9.17) is 55.9 Å². The van der Waals surface area contributed by atoms with Gasteiger partial charge >= 0.3 is 12.1 Å². The van der Waals surface area contributed by atoms with Crippen LogP contribution in [0.25, 0.3) is 0 Å². The number of rotatable bonds is 10. The van der Waals surface area contributed by atoms with Crippen molar-refractivity contribution < 1.29 is 32.4 Å². The fourth-order valence-corrected chi connectivity index (χ4v) is 3.22. The Kier molecular flexibility index (Phi) is 10.1. The predicted molar refractivity (Wildman–Crippen MR) is 123 cm³/mol. The Labute approximate surface area is 211 Å². The first-order chi connectivity index (χ1) is 15.9. The first-order valence-electron chi connectivity index (χ1n) is 9.31. The number of nitro benzene ring substituents is 1. The Morgan fingerprint density at radius 1 is 1.15 bits per heavy atom. The number of nitro groups is 1. The van der Waals surface area contributed by atoms with Gasteiger partial charge in [0.15, 0.2) is 5.75 Å². The van der Waals surface area contributed by atoms with E-state index >= 15 is 0 Å². The zero-order valence-electron chi connectivity index (χ0n) is 16.9. The van der Waals surface area contributed by atoms with E-state index in [0.29, 0.717) is 6.07 Å². The molecule has 0 aliphatic carbocycles. The van der Waals surface area contributed by atoms with Crippen molar-refractivity contribution in [2.24, 2.45) is 0 Å². The van der Waals surface area contributed by atoms with Gasteiger partial charge in [-0.2, -0.15) is 13.2 Å². The average Bonchev–Trinajstić information content (AvgIpc) is 2.72. The predicted octanol–water partition coefficient (Wildman–Crippen LogP) is 7.42. The summed E-state index contributed by atoms with van der Waals surface area (Å²) in [6, 6.07) is 4.87. The maximum atomic E-state index is 12.8.